The number of aromatic nitrogens is 1. The Bertz CT molecular complexity index is 591. The number of benzene rings is 1. The lowest BCUT2D eigenvalue weighted by Gasteiger charge is -2.05. The fourth-order valence-corrected chi connectivity index (χ4v) is 2.76. The highest BCUT2D eigenvalue weighted by molar-refractivity contribution is 7.98. The van der Waals surface area contributed by atoms with Crippen LogP contribution in [-0.4, -0.2) is 16.1 Å². The van der Waals surface area contributed by atoms with Gasteiger partial charge in [-0.1, -0.05) is 29.3 Å². The van der Waals surface area contributed by atoms with Gasteiger partial charge in [0.1, 0.15) is 0 Å². The number of carbonyl (C=O) groups is 1. The van der Waals surface area contributed by atoms with Crippen LogP contribution in [0.15, 0.2) is 41.6 Å². The second-order valence-corrected chi connectivity index (χ2v) is 5.47. The number of rotatable bonds is 4. The molecule has 0 bridgehead atoms. The number of carboxylic acid groups (broad SMARTS) is 1. The molecule has 2 aromatic rings. The monoisotopic (exact) mass is 273 g/mol. The molecule has 2 rings (SSSR count). The van der Waals surface area contributed by atoms with Gasteiger partial charge in [0.2, 0.25) is 0 Å². The number of carboxylic acids is 1. The zero-order valence-electron chi connectivity index (χ0n) is 10.9. The number of aromatic carboxylic acids is 1. The van der Waals surface area contributed by atoms with Crippen LogP contribution in [0, 0.1) is 13.8 Å². The predicted molar refractivity (Wildman–Crippen MR) is 76.7 cm³/mol. The van der Waals surface area contributed by atoms with E-state index < -0.39 is 5.97 Å². The smallest absolute Gasteiger partial charge is 0.335 e. The molecular formula is C15H15NO2S. The summed E-state index contributed by atoms with van der Waals surface area (Å²) in [5.41, 5.74) is 3.98. The zero-order chi connectivity index (χ0) is 13.8. The summed E-state index contributed by atoms with van der Waals surface area (Å²) in [6, 6.07) is 9.53. The molecule has 0 aliphatic rings. The maximum Gasteiger partial charge on any atom is 0.335 e. The molecule has 98 valence electrons. The van der Waals surface area contributed by atoms with Crippen LogP contribution in [0.25, 0.3) is 0 Å². The summed E-state index contributed by atoms with van der Waals surface area (Å²) in [5, 5.41) is 9.67. The summed E-state index contributed by atoms with van der Waals surface area (Å²) in [6.45, 7) is 4.15. The van der Waals surface area contributed by atoms with Crippen molar-refractivity contribution in [1.29, 1.82) is 0 Å². The van der Waals surface area contributed by atoms with Crippen molar-refractivity contribution in [2.45, 2.75) is 24.6 Å². The van der Waals surface area contributed by atoms with Crippen molar-refractivity contribution in [1.82, 2.24) is 4.98 Å². The Kier molecular flexibility index (Phi) is 4.22. The molecule has 0 unspecified atom stereocenters. The molecule has 0 aliphatic heterocycles. The molecule has 0 saturated carbocycles. The topological polar surface area (TPSA) is 50.2 Å². The van der Waals surface area contributed by atoms with Crippen molar-refractivity contribution in [3.8, 4) is 0 Å². The molecule has 0 radical (unpaired) electrons. The Balaban J connectivity index is 2.10. The number of nitrogens with zero attached hydrogens (tertiary/aromatic N) is 1. The Morgan fingerprint density at radius 3 is 2.53 bits per heavy atom. The van der Waals surface area contributed by atoms with Crippen molar-refractivity contribution in [3.05, 3.63) is 58.8 Å². The molecule has 1 aromatic heterocycles. The number of hydrogen-bond donors (Lipinski definition) is 1. The minimum Gasteiger partial charge on any atom is -0.478 e. The summed E-state index contributed by atoms with van der Waals surface area (Å²) < 4.78 is 0. The van der Waals surface area contributed by atoms with Crippen molar-refractivity contribution in [2.75, 3.05) is 0 Å². The first-order valence-corrected chi connectivity index (χ1v) is 6.92. The molecule has 0 fully saturated rings. The molecule has 0 atom stereocenters. The molecule has 0 aliphatic carbocycles. The lowest BCUT2D eigenvalue weighted by Crippen LogP contribution is -1.96. The van der Waals surface area contributed by atoms with E-state index in [-0.39, 0.29) is 5.56 Å². The van der Waals surface area contributed by atoms with Gasteiger partial charge in [0.05, 0.1) is 10.6 Å². The second-order valence-electron chi connectivity index (χ2n) is 4.47. The van der Waals surface area contributed by atoms with E-state index in [0.717, 1.165) is 10.8 Å². The second kappa shape index (κ2) is 5.89. The molecule has 19 heavy (non-hydrogen) atoms. The first-order valence-electron chi connectivity index (χ1n) is 5.94. The third-order valence-corrected chi connectivity index (χ3v) is 3.65. The quantitative estimate of drug-likeness (QED) is 0.863. The normalized spacial score (nSPS) is 10.4. The van der Waals surface area contributed by atoms with Gasteiger partial charge in [-0.05, 0) is 31.5 Å². The number of hydrogen-bond acceptors (Lipinski definition) is 3. The minimum atomic E-state index is -0.921. The Morgan fingerprint density at radius 1 is 1.21 bits per heavy atom. The van der Waals surface area contributed by atoms with Crippen LogP contribution in [-0.2, 0) is 5.75 Å². The molecule has 3 nitrogen and oxygen atoms in total. The first-order chi connectivity index (χ1) is 9.04. The van der Waals surface area contributed by atoms with Crippen molar-refractivity contribution >= 4 is 17.7 Å². The van der Waals surface area contributed by atoms with Gasteiger partial charge in [0.15, 0.2) is 0 Å². The van der Waals surface area contributed by atoms with E-state index >= 15 is 0 Å². The third-order valence-electron chi connectivity index (χ3n) is 2.65. The Hall–Kier alpha value is -1.81. The highest BCUT2D eigenvalue weighted by Gasteiger charge is 2.05. The first kappa shape index (κ1) is 13.6. The molecule has 1 N–H and O–H groups in total. The molecule has 1 aromatic carbocycles. The maximum absolute atomic E-state index is 10.9. The van der Waals surface area contributed by atoms with Crippen LogP contribution in [0.2, 0.25) is 0 Å². The average Bonchev–Trinajstić information content (AvgIpc) is 2.35. The molecule has 0 spiro atoms. The summed E-state index contributed by atoms with van der Waals surface area (Å²) in [4.78, 5) is 15.1. The van der Waals surface area contributed by atoms with Gasteiger partial charge >= 0.3 is 5.97 Å². The van der Waals surface area contributed by atoms with Crippen LogP contribution in [0.4, 0.5) is 0 Å². The summed E-state index contributed by atoms with van der Waals surface area (Å²) in [5.74, 6) is -0.130. The Morgan fingerprint density at radius 2 is 1.89 bits per heavy atom. The Labute approximate surface area is 116 Å². The van der Waals surface area contributed by atoms with Gasteiger partial charge in [-0.15, -0.1) is 11.8 Å². The summed E-state index contributed by atoms with van der Waals surface area (Å²) in [7, 11) is 0. The summed E-state index contributed by atoms with van der Waals surface area (Å²) >= 11 is 1.55. The van der Waals surface area contributed by atoms with Gasteiger partial charge in [-0.3, -0.25) is 0 Å². The van der Waals surface area contributed by atoms with Crippen molar-refractivity contribution in [2.24, 2.45) is 0 Å². The van der Waals surface area contributed by atoms with E-state index in [1.165, 1.54) is 29.0 Å². The van der Waals surface area contributed by atoms with E-state index in [0.29, 0.717) is 0 Å². The van der Waals surface area contributed by atoms with Gasteiger partial charge < -0.3 is 5.11 Å². The van der Waals surface area contributed by atoms with E-state index in [4.69, 9.17) is 5.11 Å². The maximum atomic E-state index is 10.9. The lowest BCUT2D eigenvalue weighted by molar-refractivity contribution is 0.0696. The zero-order valence-corrected chi connectivity index (χ0v) is 11.7. The fraction of sp³-hybridized carbons (Fsp3) is 0.200. The van der Waals surface area contributed by atoms with Crippen LogP contribution in [0.1, 0.15) is 27.0 Å². The fourth-order valence-electron chi connectivity index (χ4n) is 1.93. The van der Waals surface area contributed by atoms with Gasteiger partial charge in [0, 0.05) is 11.9 Å². The van der Waals surface area contributed by atoms with E-state index in [2.05, 4.69) is 37.0 Å². The number of aryl methyl sites for hydroxylation is 2. The van der Waals surface area contributed by atoms with Crippen LogP contribution in [0.3, 0.4) is 0 Å². The predicted octanol–water partition coefficient (Wildman–Crippen LogP) is 3.69. The van der Waals surface area contributed by atoms with Gasteiger partial charge in [-0.2, -0.15) is 0 Å². The van der Waals surface area contributed by atoms with Gasteiger partial charge in [-0.25, -0.2) is 9.78 Å². The van der Waals surface area contributed by atoms with E-state index in [9.17, 15) is 4.79 Å². The minimum absolute atomic E-state index is 0.276. The summed E-state index contributed by atoms with van der Waals surface area (Å²) in [6.07, 6.45) is 1.54. The van der Waals surface area contributed by atoms with Crippen LogP contribution >= 0.6 is 11.8 Å². The van der Waals surface area contributed by atoms with E-state index in [1.54, 1.807) is 17.8 Å². The largest absolute Gasteiger partial charge is 0.478 e. The third kappa shape index (κ3) is 3.83. The highest BCUT2D eigenvalue weighted by Crippen LogP contribution is 2.22. The molecule has 0 amide bonds. The van der Waals surface area contributed by atoms with Crippen LogP contribution in [0.5, 0.6) is 0 Å². The lowest BCUT2D eigenvalue weighted by atomic mass is 10.1. The van der Waals surface area contributed by atoms with E-state index in [1.807, 2.05) is 0 Å². The number of thioether (sulfide) groups is 1. The molecule has 1 heterocycles. The molecular weight excluding hydrogens is 258 g/mol. The van der Waals surface area contributed by atoms with Crippen molar-refractivity contribution in [3.63, 3.8) is 0 Å². The van der Waals surface area contributed by atoms with Crippen molar-refractivity contribution < 1.29 is 9.90 Å². The van der Waals surface area contributed by atoms with Crippen LogP contribution < -0.4 is 0 Å². The molecule has 4 heteroatoms. The van der Waals surface area contributed by atoms with Gasteiger partial charge in [0.25, 0.3) is 0 Å². The average molecular weight is 273 g/mol. The number of pyridine rings is 1. The standard InChI is InChI=1S/C15H15NO2S/c1-10-5-11(2)7-12(6-10)9-19-14-8-13(15(17)18)3-4-16-14/h3-8H,9H2,1-2H3,(H,17,18). The molecule has 0 saturated heterocycles. The SMILES string of the molecule is Cc1cc(C)cc(CSc2cc(C(=O)O)ccn2)c1. The highest BCUT2D eigenvalue weighted by atomic mass is 32.2.